The van der Waals surface area contributed by atoms with E-state index in [-0.39, 0.29) is 11.9 Å². The third-order valence-electron chi connectivity index (χ3n) is 4.24. The van der Waals surface area contributed by atoms with Gasteiger partial charge in [-0.15, -0.1) is 11.3 Å². The quantitative estimate of drug-likeness (QED) is 0.644. The number of benzene rings is 2. The molecule has 24 heavy (non-hydrogen) atoms. The van der Waals surface area contributed by atoms with E-state index < -0.39 is 0 Å². The molecule has 1 amide bonds. The Morgan fingerprint density at radius 3 is 2.75 bits per heavy atom. The molecule has 1 atom stereocenters. The van der Waals surface area contributed by atoms with E-state index in [4.69, 9.17) is 11.6 Å². The summed E-state index contributed by atoms with van der Waals surface area (Å²) in [5, 5.41) is 3.35. The van der Waals surface area contributed by atoms with Crippen LogP contribution in [0.4, 0.5) is 5.69 Å². The molecule has 0 N–H and O–H groups in total. The minimum Gasteiger partial charge on any atom is -0.304 e. The highest BCUT2D eigenvalue weighted by molar-refractivity contribution is 7.13. The van der Waals surface area contributed by atoms with Gasteiger partial charge in [-0.1, -0.05) is 41.9 Å². The fraction of sp³-hybridized carbons (Fsp3) is 0.158. The Hall–Kier alpha value is -2.17. The minimum atomic E-state index is -0.0380. The van der Waals surface area contributed by atoms with Crippen LogP contribution in [0.5, 0.6) is 0 Å². The summed E-state index contributed by atoms with van der Waals surface area (Å²) in [5.41, 5.74) is 3.68. The molecule has 0 spiro atoms. The third kappa shape index (κ3) is 2.62. The molecule has 0 saturated heterocycles. The Morgan fingerprint density at radius 1 is 1.21 bits per heavy atom. The molecular formula is C19H15ClN2OS. The van der Waals surface area contributed by atoms with E-state index in [2.05, 4.69) is 18.0 Å². The fourth-order valence-corrected chi connectivity index (χ4v) is 4.02. The maximum Gasteiger partial charge on any atom is 0.278 e. The van der Waals surface area contributed by atoms with Gasteiger partial charge >= 0.3 is 0 Å². The van der Waals surface area contributed by atoms with Gasteiger partial charge in [0.25, 0.3) is 5.91 Å². The first-order valence-corrected chi connectivity index (χ1v) is 9.02. The molecule has 1 aliphatic heterocycles. The van der Waals surface area contributed by atoms with E-state index in [1.807, 2.05) is 52.7 Å². The van der Waals surface area contributed by atoms with Crippen LogP contribution in [0.15, 0.2) is 53.9 Å². The summed E-state index contributed by atoms with van der Waals surface area (Å²) in [6.45, 7) is 2.07. The van der Waals surface area contributed by atoms with Gasteiger partial charge in [0.05, 0.1) is 0 Å². The second-order valence-corrected chi connectivity index (χ2v) is 7.20. The molecule has 2 aromatic carbocycles. The van der Waals surface area contributed by atoms with Gasteiger partial charge in [0.2, 0.25) is 0 Å². The summed E-state index contributed by atoms with van der Waals surface area (Å²) >= 11 is 7.40. The molecule has 0 saturated carbocycles. The third-order valence-corrected chi connectivity index (χ3v) is 5.38. The molecule has 3 nitrogen and oxygen atoms in total. The normalized spacial score (nSPS) is 16.2. The number of anilines is 1. The van der Waals surface area contributed by atoms with E-state index >= 15 is 0 Å². The maximum absolute atomic E-state index is 13.0. The fourth-order valence-electron chi connectivity index (χ4n) is 3.10. The first-order valence-electron chi connectivity index (χ1n) is 7.76. The zero-order valence-corrected chi connectivity index (χ0v) is 14.6. The van der Waals surface area contributed by atoms with Crippen LogP contribution < -0.4 is 4.90 Å². The molecule has 120 valence electrons. The molecule has 0 radical (unpaired) electrons. The molecule has 0 fully saturated rings. The molecule has 3 aromatic rings. The van der Waals surface area contributed by atoms with Crippen LogP contribution in [0.3, 0.4) is 0 Å². The first-order chi connectivity index (χ1) is 11.6. The van der Waals surface area contributed by atoms with Crippen molar-refractivity contribution in [2.75, 3.05) is 4.90 Å². The van der Waals surface area contributed by atoms with Crippen LogP contribution in [0, 0.1) is 0 Å². The van der Waals surface area contributed by atoms with Crippen LogP contribution in [0.25, 0.3) is 10.6 Å². The smallest absolute Gasteiger partial charge is 0.278 e. The van der Waals surface area contributed by atoms with E-state index in [0.717, 1.165) is 22.7 Å². The van der Waals surface area contributed by atoms with Crippen molar-refractivity contribution < 1.29 is 4.79 Å². The first kappa shape index (κ1) is 15.4. The van der Waals surface area contributed by atoms with Crippen LogP contribution in [-0.4, -0.2) is 16.9 Å². The number of fused-ring (bicyclic) bond motifs is 1. The topological polar surface area (TPSA) is 33.2 Å². The van der Waals surface area contributed by atoms with Gasteiger partial charge in [-0.3, -0.25) is 4.79 Å². The molecule has 5 heteroatoms. The highest BCUT2D eigenvalue weighted by atomic mass is 35.5. The predicted molar refractivity (Wildman–Crippen MR) is 99.0 cm³/mol. The number of carbonyl (C=O) groups is 1. The number of hydrogen-bond donors (Lipinski definition) is 0. The second kappa shape index (κ2) is 6.04. The summed E-state index contributed by atoms with van der Waals surface area (Å²) in [7, 11) is 0. The number of amides is 1. The molecular weight excluding hydrogens is 340 g/mol. The predicted octanol–water partition coefficient (Wildman–Crippen LogP) is 5.05. The standard InChI is InChI=1S/C19H15ClN2OS/c1-12-10-14-4-2-3-5-17(14)22(12)19(23)16-11-24-18(21-16)13-6-8-15(20)9-7-13/h2-9,11-12H,10H2,1H3/t12-/m0/s1. The van der Waals surface area contributed by atoms with Gasteiger partial charge in [0, 0.05) is 27.7 Å². The highest BCUT2D eigenvalue weighted by Crippen LogP contribution is 2.34. The highest BCUT2D eigenvalue weighted by Gasteiger charge is 2.32. The monoisotopic (exact) mass is 354 g/mol. The van der Waals surface area contributed by atoms with E-state index in [1.54, 1.807) is 0 Å². The summed E-state index contributed by atoms with van der Waals surface area (Å²) in [6.07, 6.45) is 0.885. The molecule has 1 aromatic heterocycles. The molecule has 0 bridgehead atoms. The van der Waals surface area contributed by atoms with Crippen molar-refractivity contribution in [3.8, 4) is 10.6 Å². The average molecular weight is 355 g/mol. The Kier molecular flexibility index (Phi) is 3.87. The summed E-state index contributed by atoms with van der Waals surface area (Å²) in [6, 6.07) is 15.7. The molecule has 0 unspecified atom stereocenters. The van der Waals surface area contributed by atoms with E-state index in [0.29, 0.717) is 10.7 Å². The second-order valence-electron chi connectivity index (χ2n) is 5.90. The van der Waals surface area contributed by atoms with Gasteiger partial charge in [0.15, 0.2) is 0 Å². The van der Waals surface area contributed by atoms with Gasteiger partial charge in [-0.25, -0.2) is 4.98 Å². The summed E-state index contributed by atoms with van der Waals surface area (Å²) in [5.74, 6) is -0.0380. The van der Waals surface area contributed by atoms with Crippen molar-refractivity contribution in [2.45, 2.75) is 19.4 Å². The van der Waals surface area contributed by atoms with Gasteiger partial charge < -0.3 is 4.90 Å². The lowest BCUT2D eigenvalue weighted by Crippen LogP contribution is -2.35. The molecule has 4 rings (SSSR count). The Morgan fingerprint density at radius 2 is 1.96 bits per heavy atom. The van der Waals surface area contributed by atoms with Crippen molar-refractivity contribution in [2.24, 2.45) is 0 Å². The largest absolute Gasteiger partial charge is 0.304 e. The Balaban J connectivity index is 1.65. The lowest BCUT2D eigenvalue weighted by molar-refractivity contribution is 0.0977. The van der Waals surface area contributed by atoms with Crippen molar-refractivity contribution in [3.05, 3.63) is 70.2 Å². The van der Waals surface area contributed by atoms with Crippen LogP contribution >= 0.6 is 22.9 Å². The number of aromatic nitrogens is 1. The lowest BCUT2D eigenvalue weighted by Gasteiger charge is -2.21. The Labute approximate surface area is 149 Å². The molecule has 0 aliphatic carbocycles. The number of rotatable bonds is 2. The lowest BCUT2D eigenvalue weighted by atomic mass is 10.1. The van der Waals surface area contributed by atoms with E-state index in [9.17, 15) is 4.79 Å². The van der Waals surface area contributed by atoms with Gasteiger partial charge in [-0.05, 0) is 37.1 Å². The number of thiazole rings is 1. The van der Waals surface area contributed by atoms with Crippen molar-refractivity contribution in [1.82, 2.24) is 4.98 Å². The van der Waals surface area contributed by atoms with Crippen LogP contribution in [-0.2, 0) is 6.42 Å². The summed E-state index contributed by atoms with van der Waals surface area (Å²) in [4.78, 5) is 19.4. The summed E-state index contributed by atoms with van der Waals surface area (Å²) < 4.78 is 0. The number of nitrogens with zero attached hydrogens (tertiary/aromatic N) is 2. The zero-order chi connectivity index (χ0) is 16.7. The minimum absolute atomic E-state index is 0.0380. The molecule has 2 heterocycles. The molecule has 1 aliphatic rings. The van der Waals surface area contributed by atoms with Crippen LogP contribution in [0.1, 0.15) is 23.0 Å². The zero-order valence-electron chi connectivity index (χ0n) is 13.1. The number of hydrogen-bond acceptors (Lipinski definition) is 3. The van der Waals surface area contributed by atoms with Gasteiger partial charge in [-0.2, -0.15) is 0 Å². The van der Waals surface area contributed by atoms with Crippen molar-refractivity contribution >= 4 is 34.5 Å². The maximum atomic E-state index is 13.0. The van der Waals surface area contributed by atoms with Crippen molar-refractivity contribution in [3.63, 3.8) is 0 Å². The number of halogens is 1. The average Bonchev–Trinajstić information content (AvgIpc) is 3.19. The number of para-hydroxylation sites is 1. The van der Waals surface area contributed by atoms with Crippen LogP contribution in [0.2, 0.25) is 5.02 Å². The van der Waals surface area contributed by atoms with Gasteiger partial charge in [0.1, 0.15) is 10.7 Å². The van der Waals surface area contributed by atoms with E-state index in [1.165, 1.54) is 16.9 Å². The van der Waals surface area contributed by atoms with Crippen molar-refractivity contribution in [1.29, 1.82) is 0 Å². The Bertz CT molecular complexity index is 904. The SMILES string of the molecule is C[C@H]1Cc2ccccc2N1C(=O)c1csc(-c2ccc(Cl)cc2)n1. The number of carbonyl (C=O) groups excluding carboxylic acids is 1.